The van der Waals surface area contributed by atoms with Crippen LogP contribution in [0.3, 0.4) is 0 Å². The number of esters is 1. The van der Waals surface area contributed by atoms with E-state index in [0.29, 0.717) is 17.2 Å². The number of hydrogen-bond acceptors (Lipinski definition) is 4. The van der Waals surface area contributed by atoms with Crippen LogP contribution in [-0.2, 0) is 6.42 Å². The topological polar surface area (TPSA) is 52.1 Å². The van der Waals surface area contributed by atoms with Gasteiger partial charge < -0.3 is 4.74 Å². The highest BCUT2D eigenvalue weighted by atomic mass is 16.5. The molecular formula is C25H34N2O2. The number of hydrogen-bond donors (Lipinski definition) is 0. The van der Waals surface area contributed by atoms with Crippen LogP contribution in [0.2, 0.25) is 0 Å². The summed E-state index contributed by atoms with van der Waals surface area (Å²) in [6, 6.07) is 7.80. The SMILES string of the molecule is CCCCCc1ccc(OC(=O)c2cnc(C3CCC(CCC)CC3)nc2)cc1. The highest BCUT2D eigenvalue weighted by Gasteiger charge is 2.24. The molecule has 4 heteroatoms. The Morgan fingerprint density at radius 3 is 2.28 bits per heavy atom. The lowest BCUT2D eigenvalue weighted by atomic mass is 9.80. The second-order valence-electron chi connectivity index (χ2n) is 8.33. The van der Waals surface area contributed by atoms with Gasteiger partial charge in [-0.2, -0.15) is 0 Å². The van der Waals surface area contributed by atoms with E-state index in [0.717, 1.165) is 31.0 Å². The van der Waals surface area contributed by atoms with Crippen molar-refractivity contribution in [2.45, 2.75) is 84.0 Å². The van der Waals surface area contributed by atoms with Crippen molar-refractivity contribution in [2.75, 3.05) is 0 Å². The lowest BCUT2D eigenvalue weighted by Crippen LogP contribution is -2.16. The van der Waals surface area contributed by atoms with E-state index in [1.165, 1.54) is 50.5 Å². The molecule has 156 valence electrons. The fourth-order valence-corrected chi connectivity index (χ4v) is 4.24. The molecule has 4 nitrogen and oxygen atoms in total. The van der Waals surface area contributed by atoms with Crippen LogP contribution in [-0.4, -0.2) is 15.9 Å². The summed E-state index contributed by atoms with van der Waals surface area (Å²) in [6.45, 7) is 4.46. The smallest absolute Gasteiger partial charge is 0.346 e. The quantitative estimate of drug-likeness (QED) is 0.277. The maximum absolute atomic E-state index is 12.4. The lowest BCUT2D eigenvalue weighted by molar-refractivity contribution is 0.0733. The van der Waals surface area contributed by atoms with Gasteiger partial charge in [0.2, 0.25) is 0 Å². The first-order valence-corrected chi connectivity index (χ1v) is 11.3. The van der Waals surface area contributed by atoms with Crippen LogP contribution in [0.4, 0.5) is 0 Å². The predicted octanol–water partition coefficient (Wildman–Crippen LogP) is 6.50. The Hall–Kier alpha value is -2.23. The normalized spacial score (nSPS) is 19.1. The molecule has 0 amide bonds. The summed E-state index contributed by atoms with van der Waals surface area (Å²) in [4.78, 5) is 21.4. The van der Waals surface area contributed by atoms with E-state index >= 15 is 0 Å². The van der Waals surface area contributed by atoms with Gasteiger partial charge in [-0.1, -0.05) is 51.7 Å². The van der Waals surface area contributed by atoms with Crippen LogP contribution in [0.15, 0.2) is 36.7 Å². The average Bonchev–Trinajstić information content (AvgIpc) is 2.76. The monoisotopic (exact) mass is 394 g/mol. The molecule has 1 heterocycles. The van der Waals surface area contributed by atoms with Crippen LogP contribution >= 0.6 is 0 Å². The van der Waals surface area contributed by atoms with Crippen LogP contribution < -0.4 is 4.74 Å². The molecule has 0 radical (unpaired) electrons. The number of nitrogens with zero attached hydrogens (tertiary/aromatic N) is 2. The van der Waals surface area contributed by atoms with Gasteiger partial charge >= 0.3 is 5.97 Å². The first-order chi connectivity index (χ1) is 14.2. The molecule has 1 fully saturated rings. The Kier molecular flexibility index (Phi) is 8.21. The number of rotatable bonds is 9. The molecule has 1 aromatic heterocycles. The number of carbonyl (C=O) groups excluding carboxylic acids is 1. The fraction of sp³-hybridized carbons (Fsp3) is 0.560. The second kappa shape index (κ2) is 11.1. The number of aromatic nitrogens is 2. The molecular weight excluding hydrogens is 360 g/mol. The summed E-state index contributed by atoms with van der Waals surface area (Å²) in [7, 11) is 0. The third-order valence-corrected chi connectivity index (χ3v) is 6.02. The molecule has 0 bridgehead atoms. The number of carbonyl (C=O) groups is 1. The zero-order chi connectivity index (χ0) is 20.5. The minimum Gasteiger partial charge on any atom is -0.423 e. The van der Waals surface area contributed by atoms with Gasteiger partial charge in [0, 0.05) is 18.3 Å². The summed E-state index contributed by atoms with van der Waals surface area (Å²) < 4.78 is 5.49. The van der Waals surface area contributed by atoms with Gasteiger partial charge in [0.15, 0.2) is 0 Å². The summed E-state index contributed by atoms with van der Waals surface area (Å²) in [5.74, 6) is 2.32. The van der Waals surface area contributed by atoms with Crippen molar-refractivity contribution in [3.8, 4) is 5.75 Å². The summed E-state index contributed by atoms with van der Waals surface area (Å²) in [5, 5.41) is 0. The van der Waals surface area contributed by atoms with Crippen LogP contribution in [0.25, 0.3) is 0 Å². The van der Waals surface area contributed by atoms with Crippen molar-refractivity contribution in [2.24, 2.45) is 5.92 Å². The molecule has 0 saturated heterocycles. The van der Waals surface area contributed by atoms with E-state index in [9.17, 15) is 4.79 Å². The zero-order valence-electron chi connectivity index (χ0n) is 17.9. The van der Waals surface area contributed by atoms with E-state index in [1.807, 2.05) is 24.3 Å². The highest BCUT2D eigenvalue weighted by Crippen LogP contribution is 2.36. The number of aryl methyl sites for hydroxylation is 1. The molecule has 0 atom stereocenters. The third kappa shape index (κ3) is 6.38. The van der Waals surface area contributed by atoms with Gasteiger partial charge in [-0.05, 0) is 62.1 Å². The molecule has 0 spiro atoms. The molecule has 0 unspecified atom stereocenters. The Labute approximate surface area is 175 Å². The van der Waals surface area contributed by atoms with Crippen molar-refractivity contribution in [1.29, 1.82) is 0 Å². The largest absolute Gasteiger partial charge is 0.423 e. The standard InChI is InChI=1S/C25H34N2O2/c1-3-5-6-8-20-11-15-23(16-12-20)29-25(28)22-17-26-24(27-18-22)21-13-9-19(7-4-2)10-14-21/h11-12,15-19,21H,3-10,13-14H2,1-2H3. The summed E-state index contributed by atoms with van der Waals surface area (Å²) in [5.41, 5.74) is 1.68. The summed E-state index contributed by atoms with van der Waals surface area (Å²) >= 11 is 0. The summed E-state index contributed by atoms with van der Waals surface area (Å²) in [6.07, 6.45) is 15.4. The predicted molar refractivity (Wildman–Crippen MR) is 116 cm³/mol. The van der Waals surface area contributed by atoms with Crippen molar-refractivity contribution in [3.63, 3.8) is 0 Å². The first kappa shape index (κ1) is 21.5. The Morgan fingerprint density at radius 2 is 1.66 bits per heavy atom. The van der Waals surface area contributed by atoms with Gasteiger partial charge in [-0.15, -0.1) is 0 Å². The van der Waals surface area contributed by atoms with Gasteiger partial charge in [-0.3, -0.25) is 0 Å². The van der Waals surface area contributed by atoms with Gasteiger partial charge in [0.1, 0.15) is 11.6 Å². The Balaban J connectivity index is 1.51. The lowest BCUT2D eigenvalue weighted by Gasteiger charge is -2.27. The van der Waals surface area contributed by atoms with Crippen LogP contribution in [0.5, 0.6) is 5.75 Å². The second-order valence-corrected chi connectivity index (χ2v) is 8.33. The van der Waals surface area contributed by atoms with Crippen LogP contribution in [0, 0.1) is 5.92 Å². The number of unbranched alkanes of at least 4 members (excludes halogenated alkanes) is 2. The molecule has 1 aromatic carbocycles. The maximum atomic E-state index is 12.4. The van der Waals surface area contributed by atoms with Crippen molar-refractivity contribution in [3.05, 3.63) is 53.6 Å². The van der Waals surface area contributed by atoms with E-state index in [1.54, 1.807) is 12.4 Å². The fourth-order valence-electron chi connectivity index (χ4n) is 4.24. The molecule has 1 saturated carbocycles. The van der Waals surface area contributed by atoms with Crippen molar-refractivity contribution >= 4 is 5.97 Å². The third-order valence-electron chi connectivity index (χ3n) is 6.02. The van der Waals surface area contributed by atoms with E-state index in [4.69, 9.17) is 4.74 Å². The molecule has 2 aromatic rings. The molecule has 3 rings (SSSR count). The molecule has 0 N–H and O–H groups in total. The van der Waals surface area contributed by atoms with Crippen LogP contribution in [0.1, 0.15) is 99.3 Å². The number of ether oxygens (including phenoxy) is 1. The van der Waals surface area contributed by atoms with Gasteiger partial charge in [-0.25, -0.2) is 14.8 Å². The Morgan fingerprint density at radius 1 is 0.966 bits per heavy atom. The van der Waals surface area contributed by atoms with E-state index in [2.05, 4.69) is 23.8 Å². The molecule has 1 aliphatic carbocycles. The maximum Gasteiger partial charge on any atom is 0.346 e. The van der Waals surface area contributed by atoms with Crippen molar-refractivity contribution < 1.29 is 9.53 Å². The zero-order valence-corrected chi connectivity index (χ0v) is 17.9. The molecule has 29 heavy (non-hydrogen) atoms. The van der Waals surface area contributed by atoms with Gasteiger partial charge in [0.25, 0.3) is 0 Å². The number of benzene rings is 1. The molecule has 0 aliphatic heterocycles. The highest BCUT2D eigenvalue weighted by molar-refractivity contribution is 5.90. The van der Waals surface area contributed by atoms with E-state index < -0.39 is 5.97 Å². The first-order valence-electron chi connectivity index (χ1n) is 11.3. The van der Waals surface area contributed by atoms with Gasteiger partial charge in [0.05, 0.1) is 5.56 Å². The van der Waals surface area contributed by atoms with E-state index in [-0.39, 0.29) is 0 Å². The minimum absolute atomic E-state index is 0.401. The van der Waals surface area contributed by atoms with Crippen molar-refractivity contribution in [1.82, 2.24) is 9.97 Å². The Bertz CT molecular complexity index is 747. The minimum atomic E-state index is -0.401. The average molecular weight is 395 g/mol. The molecule has 1 aliphatic rings.